The van der Waals surface area contributed by atoms with Crippen molar-refractivity contribution in [1.29, 1.82) is 0 Å². The molecule has 0 radical (unpaired) electrons. The number of carbonyl (C=O) groups is 2. The van der Waals surface area contributed by atoms with Crippen molar-refractivity contribution < 1.29 is 18.0 Å². The van der Waals surface area contributed by atoms with E-state index in [-0.39, 0.29) is 66.8 Å². The molecule has 0 aliphatic carbocycles. The topological polar surface area (TPSA) is 158 Å². The Balaban J connectivity index is 1.36. The van der Waals surface area contributed by atoms with Gasteiger partial charge in [-0.05, 0) is 19.1 Å². The minimum Gasteiger partial charge on any atom is -0.340 e. The summed E-state index contributed by atoms with van der Waals surface area (Å²) in [7, 11) is -2.24. The molecular weight excluding hydrogens is 464 g/mol. The largest absolute Gasteiger partial charge is 0.340 e. The first kappa shape index (κ1) is 23.6. The monoisotopic (exact) mass is 488 g/mol. The molecular formula is C21H24N6O6S. The SMILES string of the molecule is CC(=O)c1ccc(S(=O)(=O)N2CCN(C(=O)CCc3nc4c([nH]3)c(=O)[nH]c(=O)n4C)CC2)cc1. The summed E-state index contributed by atoms with van der Waals surface area (Å²) in [5.41, 5.74) is -0.331. The van der Waals surface area contributed by atoms with E-state index in [4.69, 9.17) is 0 Å². The zero-order valence-electron chi connectivity index (χ0n) is 18.7. The second kappa shape index (κ2) is 8.99. The van der Waals surface area contributed by atoms with Crippen molar-refractivity contribution in [2.45, 2.75) is 24.7 Å². The molecule has 1 saturated heterocycles. The molecule has 12 nitrogen and oxygen atoms in total. The van der Waals surface area contributed by atoms with Crippen molar-refractivity contribution in [3.63, 3.8) is 0 Å². The summed E-state index contributed by atoms with van der Waals surface area (Å²) < 4.78 is 28.3. The third-order valence-electron chi connectivity index (χ3n) is 5.87. The maximum atomic E-state index is 12.9. The Kier molecular flexibility index (Phi) is 6.23. The molecule has 1 aromatic carbocycles. The lowest BCUT2D eigenvalue weighted by Crippen LogP contribution is -2.50. The summed E-state index contributed by atoms with van der Waals surface area (Å²) in [4.78, 5) is 58.7. The molecule has 1 aliphatic rings. The van der Waals surface area contributed by atoms with Gasteiger partial charge in [-0.1, -0.05) is 12.1 Å². The van der Waals surface area contributed by atoms with Gasteiger partial charge < -0.3 is 9.88 Å². The number of sulfonamides is 1. The van der Waals surface area contributed by atoms with Gasteiger partial charge in [0, 0.05) is 51.6 Å². The number of amides is 1. The van der Waals surface area contributed by atoms with Crippen LogP contribution in [0, 0.1) is 0 Å². The van der Waals surface area contributed by atoms with Gasteiger partial charge in [0.25, 0.3) is 5.56 Å². The maximum absolute atomic E-state index is 12.9. The smallest absolute Gasteiger partial charge is 0.329 e. The predicted octanol–water partition coefficient (Wildman–Crippen LogP) is -0.382. The molecule has 3 aromatic rings. The third-order valence-corrected chi connectivity index (χ3v) is 7.78. The number of nitrogens with one attached hydrogen (secondary N) is 2. The lowest BCUT2D eigenvalue weighted by molar-refractivity contribution is -0.132. The molecule has 0 saturated carbocycles. The minimum absolute atomic E-state index is 0.103. The summed E-state index contributed by atoms with van der Waals surface area (Å²) >= 11 is 0. The quantitative estimate of drug-likeness (QED) is 0.448. The first-order chi connectivity index (χ1) is 16.1. The van der Waals surface area contributed by atoms with Crippen LogP contribution >= 0.6 is 0 Å². The molecule has 0 spiro atoms. The van der Waals surface area contributed by atoms with Crippen molar-refractivity contribution in [2.75, 3.05) is 26.2 Å². The van der Waals surface area contributed by atoms with Gasteiger partial charge in [-0.25, -0.2) is 18.2 Å². The van der Waals surface area contributed by atoms with E-state index in [0.29, 0.717) is 11.4 Å². The second-order valence-electron chi connectivity index (χ2n) is 8.07. The van der Waals surface area contributed by atoms with E-state index >= 15 is 0 Å². The fourth-order valence-electron chi connectivity index (χ4n) is 3.84. The second-order valence-corrected chi connectivity index (χ2v) is 10.0. The number of aryl methyl sites for hydroxylation is 2. The molecule has 180 valence electrons. The fourth-order valence-corrected chi connectivity index (χ4v) is 5.27. The summed E-state index contributed by atoms with van der Waals surface area (Å²) in [6.45, 7) is 2.22. The molecule has 4 rings (SSSR count). The number of benzene rings is 1. The standard InChI is InChI=1S/C21H24N6O6S/c1-13(28)14-3-5-15(6-4-14)34(32,33)27-11-9-26(10-12-27)17(29)8-7-16-22-18-19(23-16)25(2)21(31)24-20(18)30/h3-6H,7-12H2,1-2H3,(H,22,23)(H,24,30,31). The van der Waals surface area contributed by atoms with Gasteiger partial charge in [-0.3, -0.25) is 23.9 Å². The minimum atomic E-state index is -3.73. The van der Waals surface area contributed by atoms with Gasteiger partial charge in [0.2, 0.25) is 15.9 Å². The van der Waals surface area contributed by atoms with Crippen LogP contribution in [0.4, 0.5) is 0 Å². The van der Waals surface area contributed by atoms with Gasteiger partial charge in [0.15, 0.2) is 11.4 Å². The molecule has 0 atom stereocenters. The molecule has 0 unspecified atom stereocenters. The van der Waals surface area contributed by atoms with Crippen LogP contribution < -0.4 is 11.2 Å². The number of hydrogen-bond donors (Lipinski definition) is 2. The number of hydrogen-bond acceptors (Lipinski definition) is 7. The van der Waals surface area contributed by atoms with Crippen molar-refractivity contribution in [3.8, 4) is 0 Å². The lowest BCUT2D eigenvalue weighted by Gasteiger charge is -2.34. The highest BCUT2D eigenvalue weighted by Crippen LogP contribution is 2.19. The van der Waals surface area contributed by atoms with Crippen LogP contribution in [-0.4, -0.2) is 75.0 Å². The first-order valence-corrected chi connectivity index (χ1v) is 12.1. The average Bonchev–Trinajstić information content (AvgIpc) is 3.26. The Labute approximate surface area is 194 Å². The number of fused-ring (bicyclic) bond motifs is 1. The van der Waals surface area contributed by atoms with Crippen LogP contribution in [0.1, 0.15) is 29.5 Å². The van der Waals surface area contributed by atoms with Crippen molar-refractivity contribution in [1.82, 2.24) is 28.7 Å². The van der Waals surface area contributed by atoms with Gasteiger partial charge >= 0.3 is 5.69 Å². The Morgan fingerprint density at radius 2 is 1.68 bits per heavy atom. The molecule has 34 heavy (non-hydrogen) atoms. The highest BCUT2D eigenvalue weighted by molar-refractivity contribution is 7.89. The lowest BCUT2D eigenvalue weighted by atomic mass is 10.2. The molecule has 2 N–H and O–H groups in total. The predicted molar refractivity (Wildman–Crippen MR) is 122 cm³/mol. The van der Waals surface area contributed by atoms with Crippen molar-refractivity contribution >= 4 is 32.9 Å². The highest BCUT2D eigenvalue weighted by atomic mass is 32.2. The van der Waals surface area contributed by atoms with Gasteiger partial charge in [0.05, 0.1) is 4.90 Å². The van der Waals surface area contributed by atoms with E-state index in [2.05, 4.69) is 15.0 Å². The van der Waals surface area contributed by atoms with Crippen LogP contribution in [0.2, 0.25) is 0 Å². The zero-order chi connectivity index (χ0) is 24.6. The number of piperazine rings is 1. The molecule has 1 fully saturated rings. The van der Waals surface area contributed by atoms with Gasteiger partial charge in [-0.15, -0.1) is 0 Å². The Morgan fingerprint density at radius 3 is 2.29 bits per heavy atom. The number of H-pyrrole nitrogens is 2. The highest BCUT2D eigenvalue weighted by Gasteiger charge is 2.30. The van der Waals surface area contributed by atoms with E-state index in [9.17, 15) is 27.6 Å². The number of aromatic amines is 2. The molecule has 1 aliphatic heterocycles. The first-order valence-electron chi connectivity index (χ1n) is 10.6. The van der Waals surface area contributed by atoms with Crippen molar-refractivity contribution in [3.05, 3.63) is 56.5 Å². The number of aromatic nitrogens is 4. The van der Waals surface area contributed by atoms with E-state index in [1.807, 2.05) is 0 Å². The van der Waals surface area contributed by atoms with E-state index in [1.165, 1.54) is 47.1 Å². The van der Waals surface area contributed by atoms with Crippen molar-refractivity contribution in [2.24, 2.45) is 7.05 Å². The van der Waals surface area contributed by atoms with Gasteiger partial charge in [-0.2, -0.15) is 4.31 Å². The van der Waals surface area contributed by atoms with E-state index < -0.39 is 21.3 Å². The van der Waals surface area contributed by atoms with E-state index in [1.54, 1.807) is 4.90 Å². The third kappa shape index (κ3) is 4.43. The molecule has 0 bridgehead atoms. The van der Waals surface area contributed by atoms with Crippen LogP contribution in [0.5, 0.6) is 0 Å². The molecule has 13 heteroatoms. The Morgan fingerprint density at radius 1 is 1.03 bits per heavy atom. The van der Waals surface area contributed by atoms with Crippen LogP contribution in [0.3, 0.4) is 0 Å². The molecule has 1 amide bonds. The van der Waals surface area contributed by atoms with Crippen LogP contribution in [0.25, 0.3) is 11.2 Å². The molecule has 2 aromatic heterocycles. The van der Waals surface area contributed by atoms with Gasteiger partial charge in [0.1, 0.15) is 11.3 Å². The maximum Gasteiger partial charge on any atom is 0.329 e. The van der Waals surface area contributed by atoms with E-state index in [0.717, 1.165) is 0 Å². The number of carbonyl (C=O) groups excluding carboxylic acids is 2. The average molecular weight is 489 g/mol. The fraction of sp³-hybridized carbons (Fsp3) is 0.381. The summed E-state index contributed by atoms with van der Waals surface area (Å²) in [6, 6.07) is 5.80. The Hall–Kier alpha value is -3.58. The number of nitrogens with zero attached hydrogens (tertiary/aromatic N) is 4. The number of ketones is 1. The zero-order valence-corrected chi connectivity index (χ0v) is 19.5. The number of imidazole rings is 1. The summed E-state index contributed by atoms with van der Waals surface area (Å²) in [5, 5.41) is 0. The number of Topliss-reactive ketones (excluding diaryl/α,β-unsaturated/α-hetero) is 1. The molecule has 3 heterocycles. The van der Waals surface area contributed by atoms with Crippen LogP contribution in [-0.2, 0) is 28.3 Å². The Bertz CT molecular complexity index is 1480. The normalized spacial score (nSPS) is 15.1. The van der Waals surface area contributed by atoms with Crippen LogP contribution in [0.15, 0.2) is 38.8 Å². The summed E-state index contributed by atoms with van der Waals surface area (Å²) in [6.07, 6.45) is 0.354. The summed E-state index contributed by atoms with van der Waals surface area (Å²) in [5.74, 6) is 0.103. The number of rotatable bonds is 6.